The molecule has 1 N–H and O–H groups in total. The first-order valence-electron chi connectivity index (χ1n) is 10.7. The lowest BCUT2D eigenvalue weighted by Crippen LogP contribution is -2.38. The molecule has 0 saturated carbocycles. The molecule has 1 aliphatic carbocycles. The third kappa shape index (κ3) is 3.38. The van der Waals surface area contributed by atoms with Crippen LogP contribution in [0.3, 0.4) is 0 Å². The van der Waals surface area contributed by atoms with E-state index >= 15 is 0 Å². The van der Waals surface area contributed by atoms with Crippen molar-refractivity contribution in [1.82, 2.24) is 0 Å². The molecule has 2 aromatic carbocycles. The molecule has 1 amide bonds. The van der Waals surface area contributed by atoms with Crippen LogP contribution in [0.1, 0.15) is 41.9 Å². The Labute approximate surface area is 186 Å². The van der Waals surface area contributed by atoms with Gasteiger partial charge in [-0.1, -0.05) is 19.1 Å². The van der Waals surface area contributed by atoms with Crippen molar-refractivity contribution in [1.29, 1.82) is 0 Å². The van der Waals surface area contributed by atoms with E-state index < -0.39 is 6.04 Å². The summed E-state index contributed by atoms with van der Waals surface area (Å²) in [5, 5.41) is 3.47. The lowest BCUT2D eigenvalue weighted by molar-refractivity contribution is -0.117. The van der Waals surface area contributed by atoms with Crippen LogP contribution in [-0.2, 0) is 4.79 Å². The number of nitrogens with one attached hydrogen (secondary N) is 1. The molecule has 0 spiro atoms. The van der Waals surface area contributed by atoms with E-state index in [1.54, 1.807) is 48.6 Å². The van der Waals surface area contributed by atoms with Crippen molar-refractivity contribution in [3.63, 3.8) is 0 Å². The van der Waals surface area contributed by atoms with Crippen LogP contribution in [0.4, 0.5) is 11.4 Å². The number of benzene rings is 2. The van der Waals surface area contributed by atoms with Crippen LogP contribution in [0, 0.1) is 5.92 Å². The number of hydrogen-bond donors (Lipinski definition) is 1. The highest BCUT2D eigenvalue weighted by Gasteiger charge is 2.42. The Bertz CT molecular complexity index is 1190. The molecule has 0 radical (unpaired) electrons. The summed E-state index contributed by atoms with van der Waals surface area (Å²) in [6, 6.07) is 17.6. The molecule has 5 rings (SSSR count). The number of furan rings is 1. The quantitative estimate of drug-likeness (QED) is 0.608. The largest absolute Gasteiger partial charge is 0.497 e. The molecule has 6 heteroatoms. The number of methoxy groups -OCH3 is 1. The maximum Gasteiger partial charge on any atom is 0.259 e. The molecule has 1 aromatic heterocycles. The molecule has 0 fully saturated rings. The standard InChI is InChI=1S/C26H24N2O4/c1-16-14-20-24(22(29)15-16)25(23-8-5-13-32-23)28(21-7-4-3-6-19(21)27-20)26(30)17-9-11-18(31-2)12-10-17/h3-13,16,25,27H,14-15H2,1-2H3/t16-,25+/m0/s1. The van der Waals surface area contributed by atoms with E-state index in [9.17, 15) is 9.59 Å². The topological polar surface area (TPSA) is 71.8 Å². The second-order valence-electron chi connectivity index (χ2n) is 8.29. The Kier molecular flexibility index (Phi) is 5.05. The molecular weight excluding hydrogens is 404 g/mol. The lowest BCUT2D eigenvalue weighted by atomic mass is 9.83. The second kappa shape index (κ2) is 8.04. The van der Waals surface area contributed by atoms with E-state index in [0.29, 0.717) is 34.8 Å². The number of fused-ring (bicyclic) bond motifs is 1. The van der Waals surface area contributed by atoms with E-state index in [4.69, 9.17) is 9.15 Å². The first-order chi connectivity index (χ1) is 15.6. The van der Waals surface area contributed by atoms with Gasteiger partial charge in [0.1, 0.15) is 17.6 Å². The highest BCUT2D eigenvalue weighted by molar-refractivity contribution is 6.11. The Balaban J connectivity index is 1.73. The van der Waals surface area contributed by atoms with Crippen LogP contribution in [0.5, 0.6) is 5.75 Å². The Morgan fingerprint density at radius 3 is 2.56 bits per heavy atom. The number of allylic oxidation sites excluding steroid dienone is 1. The number of anilines is 2. The minimum absolute atomic E-state index is 0.0352. The monoisotopic (exact) mass is 428 g/mol. The molecule has 6 nitrogen and oxygen atoms in total. The van der Waals surface area contributed by atoms with E-state index in [1.807, 2.05) is 30.3 Å². The number of para-hydroxylation sites is 2. The summed E-state index contributed by atoms with van der Waals surface area (Å²) in [7, 11) is 1.59. The fourth-order valence-corrected chi connectivity index (χ4v) is 4.60. The van der Waals surface area contributed by atoms with Crippen molar-refractivity contribution < 1.29 is 18.7 Å². The first-order valence-corrected chi connectivity index (χ1v) is 10.7. The van der Waals surface area contributed by atoms with Gasteiger partial charge in [-0.15, -0.1) is 0 Å². The highest BCUT2D eigenvalue weighted by atomic mass is 16.5. The summed E-state index contributed by atoms with van der Waals surface area (Å²) in [6.07, 6.45) is 2.75. The number of hydrogen-bond acceptors (Lipinski definition) is 5. The molecule has 2 aliphatic rings. The zero-order chi connectivity index (χ0) is 22.2. The zero-order valence-corrected chi connectivity index (χ0v) is 18.0. The van der Waals surface area contributed by atoms with Gasteiger partial charge in [0.2, 0.25) is 0 Å². The maximum atomic E-state index is 13.9. The van der Waals surface area contributed by atoms with Crippen LogP contribution in [0.25, 0.3) is 0 Å². The lowest BCUT2D eigenvalue weighted by Gasteiger charge is -2.33. The SMILES string of the molecule is COc1ccc(C(=O)N2c3ccccc3NC3=C(C(=O)C[C@@H](C)C3)[C@H]2c2ccco2)cc1. The molecule has 0 bridgehead atoms. The van der Waals surface area contributed by atoms with Gasteiger partial charge in [0, 0.05) is 23.3 Å². The zero-order valence-electron chi connectivity index (χ0n) is 18.0. The molecule has 3 aromatic rings. The number of carbonyl (C=O) groups excluding carboxylic acids is 2. The van der Waals surface area contributed by atoms with E-state index in [-0.39, 0.29) is 17.6 Å². The van der Waals surface area contributed by atoms with E-state index in [2.05, 4.69) is 12.2 Å². The summed E-state index contributed by atoms with van der Waals surface area (Å²) < 4.78 is 11.0. The van der Waals surface area contributed by atoms with Crippen LogP contribution in [-0.4, -0.2) is 18.8 Å². The van der Waals surface area contributed by atoms with Crippen LogP contribution in [0.2, 0.25) is 0 Å². The molecule has 1 aliphatic heterocycles. The predicted molar refractivity (Wildman–Crippen MR) is 122 cm³/mol. The summed E-state index contributed by atoms with van der Waals surface area (Å²) >= 11 is 0. The van der Waals surface area contributed by atoms with E-state index in [0.717, 1.165) is 17.8 Å². The number of carbonyl (C=O) groups is 2. The van der Waals surface area contributed by atoms with Crippen molar-refractivity contribution in [3.05, 3.63) is 89.5 Å². The Morgan fingerprint density at radius 2 is 1.84 bits per heavy atom. The fourth-order valence-electron chi connectivity index (χ4n) is 4.60. The normalized spacial score (nSPS) is 20.2. The van der Waals surface area contributed by atoms with Gasteiger partial charge in [-0.3, -0.25) is 14.5 Å². The van der Waals surface area contributed by atoms with Gasteiger partial charge in [-0.2, -0.15) is 0 Å². The third-order valence-electron chi connectivity index (χ3n) is 6.06. The van der Waals surface area contributed by atoms with Gasteiger partial charge in [0.25, 0.3) is 5.91 Å². The maximum absolute atomic E-state index is 13.9. The van der Waals surface area contributed by atoms with Crippen LogP contribution >= 0.6 is 0 Å². The van der Waals surface area contributed by atoms with Gasteiger partial charge in [0.15, 0.2) is 5.78 Å². The number of ether oxygens (including phenoxy) is 1. The van der Waals surface area contributed by atoms with Crippen LogP contribution < -0.4 is 15.0 Å². The predicted octanol–water partition coefficient (Wildman–Crippen LogP) is 5.35. The summed E-state index contributed by atoms with van der Waals surface area (Å²) in [5.74, 6) is 1.27. The van der Waals surface area contributed by atoms with Gasteiger partial charge in [0.05, 0.1) is 24.7 Å². The molecule has 2 heterocycles. The number of nitrogens with zero attached hydrogens (tertiary/aromatic N) is 1. The number of amides is 1. The minimum atomic E-state index is -0.661. The van der Waals surface area contributed by atoms with Gasteiger partial charge < -0.3 is 14.5 Å². The van der Waals surface area contributed by atoms with Crippen LogP contribution in [0.15, 0.2) is 82.6 Å². The Hall–Kier alpha value is -3.80. The average molecular weight is 428 g/mol. The molecule has 2 atom stereocenters. The summed E-state index contributed by atoms with van der Waals surface area (Å²) in [4.78, 5) is 29.0. The minimum Gasteiger partial charge on any atom is -0.497 e. The smallest absolute Gasteiger partial charge is 0.259 e. The van der Waals surface area contributed by atoms with Crippen molar-refractivity contribution in [2.75, 3.05) is 17.3 Å². The molecule has 162 valence electrons. The summed E-state index contributed by atoms with van der Waals surface area (Å²) in [6.45, 7) is 2.07. The van der Waals surface area contributed by atoms with E-state index in [1.165, 1.54) is 0 Å². The first kappa shape index (κ1) is 20.1. The molecular formula is C26H24N2O4. The van der Waals surface area contributed by atoms with Gasteiger partial charge in [-0.05, 0) is 60.9 Å². The van der Waals surface area contributed by atoms with Gasteiger partial charge >= 0.3 is 0 Å². The number of rotatable bonds is 3. The fraction of sp³-hybridized carbons (Fsp3) is 0.231. The number of ketones is 1. The summed E-state index contributed by atoms with van der Waals surface area (Å²) in [5.41, 5.74) is 3.43. The number of Topliss-reactive ketones (excluding diaryl/α,β-unsaturated/α-hetero) is 1. The highest BCUT2D eigenvalue weighted by Crippen LogP contribution is 2.46. The third-order valence-corrected chi connectivity index (χ3v) is 6.06. The second-order valence-corrected chi connectivity index (χ2v) is 8.29. The van der Waals surface area contributed by atoms with Crippen molar-refractivity contribution in [2.24, 2.45) is 5.92 Å². The van der Waals surface area contributed by atoms with Crippen molar-refractivity contribution in [3.8, 4) is 5.75 Å². The Morgan fingerprint density at radius 1 is 1.06 bits per heavy atom. The average Bonchev–Trinajstić information content (AvgIpc) is 3.28. The molecule has 32 heavy (non-hydrogen) atoms. The van der Waals surface area contributed by atoms with Crippen molar-refractivity contribution in [2.45, 2.75) is 25.8 Å². The molecule has 0 unspecified atom stereocenters. The molecule has 0 saturated heterocycles. The van der Waals surface area contributed by atoms with Gasteiger partial charge in [-0.25, -0.2) is 0 Å². The van der Waals surface area contributed by atoms with Crippen molar-refractivity contribution >= 4 is 23.1 Å².